The standard InChI is InChI=1S/3C2H4.H6OSi2/c3*1-2;2-1-3/h3*1-2H2;2-3H3. The van der Waals surface area contributed by atoms with Crippen molar-refractivity contribution in [3.63, 3.8) is 0 Å². The molecule has 9 heavy (non-hydrogen) atoms. The molecule has 0 rings (SSSR count). The molecule has 0 fully saturated rings. The van der Waals surface area contributed by atoms with E-state index in [1.54, 1.807) is 0 Å². The van der Waals surface area contributed by atoms with Gasteiger partial charge in [-0.05, 0) is 0 Å². The molecule has 0 aromatic rings. The summed E-state index contributed by atoms with van der Waals surface area (Å²) in [7, 11) is 1.86. The highest BCUT2D eigenvalue weighted by molar-refractivity contribution is 6.15. The van der Waals surface area contributed by atoms with E-state index in [9.17, 15) is 0 Å². The number of hydrogen-bond acceptors (Lipinski definition) is 1. The summed E-state index contributed by atoms with van der Waals surface area (Å²) in [6, 6.07) is 0. The molecule has 0 aromatic heterocycles. The Hall–Kier alpha value is -0.386. The summed E-state index contributed by atoms with van der Waals surface area (Å²) < 4.78 is 4.53. The van der Waals surface area contributed by atoms with Gasteiger partial charge in [-0.25, -0.2) is 0 Å². The summed E-state index contributed by atoms with van der Waals surface area (Å²) in [6.45, 7) is 18.0. The van der Waals surface area contributed by atoms with E-state index in [2.05, 4.69) is 43.6 Å². The van der Waals surface area contributed by atoms with Crippen LogP contribution in [0.3, 0.4) is 0 Å². The minimum Gasteiger partial charge on any atom is -0.471 e. The largest absolute Gasteiger partial charge is 0.471 e. The molecule has 0 N–H and O–H groups in total. The fourth-order valence-corrected chi connectivity index (χ4v) is 0. The fourth-order valence-electron chi connectivity index (χ4n) is 0. The molecular formula is C6H18OSi2. The minimum absolute atomic E-state index is 0.931. The Morgan fingerprint density at radius 3 is 0.667 bits per heavy atom. The lowest BCUT2D eigenvalue weighted by molar-refractivity contribution is 0.690. The second kappa shape index (κ2) is 884. The van der Waals surface area contributed by atoms with Crippen molar-refractivity contribution in [2.75, 3.05) is 0 Å². The van der Waals surface area contributed by atoms with E-state index in [4.69, 9.17) is 0 Å². The van der Waals surface area contributed by atoms with Crippen LogP contribution in [0.5, 0.6) is 0 Å². The lowest BCUT2D eigenvalue weighted by Crippen LogP contribution is -1.65. The van der Waals surface area contributed by atoms with Crippen molar-refractivity contribution in [2.45, 2.75) is 0 Å². The predicted molar refractivity (Wildman–Crippen MR) is 54.7 cm³/mol. The SMILES string of the molecule is C=C.C=C.C=C.[SiH3]O[SiH3]. The van der Waals surface area contributed by atoms with Crippen LogP contribution in [0.25, 0.3) is 0 Å². The minimum atomic E-state index is 0.931. The maximum Gasteiger partial charge on any atom is 0.129 e. The third-order valence-corrected chi connectivity index (χ3v) is 0. The Morgan fingerprint density at radius 2 is 0.667 bits per heavy atom. The van der Waals surface area contributed by atoms with Crippen molar-refractivity contribution in [2.24, 2.45) is 0 Å². The van der Waals surface area contributed by atoms with E-state index in [-0.39, 0.29) is 0 Å². The summed E-state index contributed by atoms with van der Waals surface area (Å²) in [6.07, 6.45) is 0. The topological polar surface area (TPSA) is 9.23 Å². The van der Waals surface area contributed by atoms with Crippen LogP contribution in [0.15, 0.2) is 39.5 Å². The highest BCUT2D eigenvalue weighted by Gasteiger charge is 1.28. The van der Waals surface area contributed by atoms with E-state index in [1.807, 2.05) is 0 Å². The first-order valence-corrected chi connectivity index (χ1v) is 3.95. The summed E-state index contributed by atoms with van der Waals surface area (Å²) >= 11 is 0. The first kappa shape index (κ1) is 23.5. The molecule has 0 heterocycles. The summed E-state index contributed by atoms with van der Waals surface area (Å²) in [5.74, 6) is 0. The Morgan fingerprint density at radius 1 is 0.667 bits per heavy atom. The zero-order chi connectivity index (χ0) is 8.71. The molecule has 0 aliphatic carbocycles. The molecule has 0 aliphatic rings. The Labute approximate surface area is 65.2 Å². The molecule has 0 unspecified atom stereocenters. The van der Waals surface area contributed by atoms with Gasteiger partial charge in [-0.15, -0.1) is 39.5 Å². The molecule has 0 saturated heterocycles. The fraction of sp³-hybridized carbons (Fsp3) is 0. The molecule has 0 radical (unpaired) electrons. The van der Waals surface area contributed by atoms with Gasteiger partial charge in [0, 0.05) is 0 Å². The monoisotopic (exact) mass is 162 g/mol. The van der Waals surface area contributed by atoms with Gasteiger partial charge in [0.15, 0.2) is 0 Å². The van der Waals surface area contributed by atoms with E-state index in [1.165, 1.54) is 0 Å². The van der Waals surface area contributed by atoms with Crippen molar-refractivity contribution >= 4 is 21.0 Å². The third kappa shape index (κ3) is 1610. The lowest BCUT2D eigenvalue weighted by Gasteiger charge is -1.62. The Balaban J connectivity index is -0.0000000190. The van der Waals surface area contributed by atoms with Crippen molar-refractivity contribution in [1.82, 2.24) is 0 Å². The van der Waals surface area contributed by atoms with Gasteiger partial charge in [-0.1, -0.05) is 0 Å². The Bertz CT molecular complexity index is 22.3. The lowest BCUT2D eigenvalue weighted by atomic mass is 11.3. The summed E-state index contributed by atoms with van der Waals surface area (Å²) in [4.78, 5) is 0. The zero-order valence-electron chi connectivity index (χ0n) is 6.65. The molecule has 0 amide bonds. The molecule has 0 aliphatic heterocycles. The van der Waals surface area contributed by atoms with Crippen LogP contribution in [-0.4, -0.2) is 21.0 Å². The molecule has 56 valence electrons. The van der Waals surface area contributed by atoms with Crippen molar-refractivity contribution < 1.29 is 4.12 Å². The van der Waals surface area contributed by atoms with Gasteiger partial charge < -0.3 is 4.12 Å². The molecule has 1 nitrogen and oxygen atoms in total. The quantitative estimate of drug-likeness (QED) is 0.359. The Kier molecular flexibility index (Phi) is 2300. The number of hydrogen-bond donors (Lipinski definition) is 0. The van der Waals surface area contributed by atoms with Gasteiger partial charge in [-0.2, -0.15) is 0 Å². The predicted octanol–water partition coefficient (Wildman–Crippen LogP) is -0.0296. The van der Waals surface area contributed by atoms with Crippen LogP contribution in [0.1, 0.15) is 0 Å². The average Bonchev–Trinajstić information content (AvgIpc) is 2.01. The molecule has 0 bridgehead atoms. The first-order chi connectivity index (χ1) is 4.41. The van der Waals surface area contributed by atoms with E-state index in [0.29, 0.717) is 0 Å². The molecular weight excluding hydrogens is 144 g/mol. The summed E-state index contributed by atoms with van der Waals surface area (Å²) in [5, 5.41) is 0. The molecule has 0 atom stereocenters. The number of rotatable bonds is 0. The van der Waals surface area contributed by atoms with Crippen LogP contribution < -0.4 is 0 Å². The van der Waals surface area contributed by atoms with Crippen LogP contribution in [0, 0.1) is 0 Å². The normalized spacial score (nSPS) is 4.00. The van der Waals surface area contributed by atoms with Gasteiger partial charge in [0.05, 0.1) is 0 Å². The van der Waals surface area contributed by atoms with Gasteiger partial charge >= 0.3 is 0 Å². The van der Waals surface area contributed by atoms with Crippen LogP contribution in [0.2, 0.25) is 0 Å². The van der Waals surface area contributed by atoms with Gasteiger partial charge in [0.2, 0.25) is 0 Å². The van der Waals surface area contributed by atoms with E-state index < -0.39 is 0 Å². The van der Waals surface area contributed by atoms with Gasteiger partial charge in [0.1, 0.15) is 21.0 Å². The van der Waals surface area contributed by atoms with Crippen molar-refractivity contribution in [3.05, 3.63) is 39.5 Å². The zero-order valence-corrected chi connectivity index (χ0v) is 10.7. The molecule has 0 saturated carbocycles. The average molecular weight is 162 g/mol. The molecule has 3 heteroatoms. The highest BCUT2D eigenvalue weighted by atomic mass is 28.3. The second-order valence-corrected chi connectivity index (χ2v) is 3.67. The highest BCUT2D eigenvalue weighted by Crippen LogP contribution is 1.20. The second-order valence-electron chi connectivity index (χ2n) is 0.408. The maximum atomic E-state index is 4.53. The van der Waals surface area contributed by atoms with Crippen molar-refractivity contribution in [1.29, 1.82) is 0 Å². The summed E-state index contributed by atoms with van der Waals surface area (Å²) in [5.41, 5.74) is 0. The van der Waals surface area contributed by atoms with Gasteiger partial charge in [-0.3, -0.25) is 0 Å². The van der Waals surface area contributed by atoms with Gasteiger partial charge in [0.25, 0.3) is 0 Å². The molecule has 0 spiro atoms. The molecule has 0 aromatic carbocycles. The maximum absolute atomic E-state index is 4.53. The van der Waals surface area contributed by atoms with Crippen molar-refractivity contribution in [3.8, 4) is 0 Å². The smallest absolute Gasteiger partial charge is 0.129 e. The third-order valence-electron chi connectivity index (χ3n) is 0. The van der Waals surface area contributed by atoms with Crippen LogP contribution >= 0.6 is 0 Å². The van der Waals surface area contributed by atoms with Crippen LogP contribution in [0.4, 0.5) is 0 Å². The van der Waals surface area contributed by atoms with E-state index in [0.717, 1.165) is 21.0 Å². The van der Waals surface area contributed by atoms with E-state index >= 15 is 0 Å². The van der Waals surface area contributed by atoms with Crippen LogP contribution in [-0.2, 0) is 4.12 Å². The first-order valence-electron chi connectivity index (χ1n) is 2.32.